The Kier molecular flexibility index (Phi) is 6.07. The van der Waals surface area contributed by atoms with Crippen molar-refractivity contribution >= 4 is 28.8 Å². The SMILES string of the molecule is Cc1cc(C(=O)N2CCCC(C3CC(N)CCO3)C2)sc1-c1cccc(Cl)c1. The number of ether oxygens (including phenoxy) is 1. The summed E-state index contributed by atoms with van der Waals surface area (Å²) in [7, 11) is 0. The summed E-state index contributed by atoms with van der Waals surface area (Å²) in [5, 5.41) is 0.711. The number of halogens is 1. The first-order valence-electron chi connectivity index (χ1n) is 10.0. The van der Waals surface area contributed by atoms with Gasteiger partial charge < -0.3 is 15.4 Å². The quantitative estimate of drug-likeness (QED) is 0.783. The van der Waals surface area contributed by atoms with E-state index in [1.807, 2.05) is 35.2 Å². The fraction of sp³-hybridized carbons (Fsp3) is 0.500. The summed E-state index contributed by atoms with van der Waals surface area (Å²) < 4.78 is 5.99. The Labute approximate surface area is 175 Å². The van der Waals surface area contributed by atoms with Crippen LogP contribution < -0.4 is 5.73 Å². The Morgan fingerprint density at radius 1 is 1.32 bits per heavy atom. The fourth-order valence-electron chi connectivity index (χ4n) is 4.34. The van der Waals surface area contributed by atoms with E-state index < -0.39 is 0 Å². The van der Waals surface area contributed by atoms with E-state index in [2.05, 4.69) is 6.92 Å². The summed E-state index contributed by atoms with van der Waals surface area (Å²) in [5.74, 6) is 0.517. The van der Waals surface area contributed by atoms with Gasteiger partial charge >= 0.3 is 0 Å². The zero-order chi connectivity index (χ0) is 19.7. The molecule has 28 heavy (non-hydrogen) atoms. The summed E-state index contributed by atoms with van der Waals surface area (Å²) in [4.78, 5) is 17.1. The van der Waals surface area contributed by atoms with E-state index in [-0.39, 0.29) is 18.1 Å². The third kappa shape index (κ3) is 4.28. The molecule has 2 saturated heterocycles. The minimum Gasteiger partial charge on any atom is -0.378 e. The maximum atomic E-state index is 13.2. The van der Waals surface area contributed by atoms with Crippen molar-refractivity contribution in [2.45, 2.75) is 44.8 Å². The fourth-order valence-corrected chi connectivity index (χ4v) is 5.67. The van der Waals surface area contributed by atoms with Crippen LogP contribution in [0.1, 0.15) is 40.9 Å². The number of aryl methyl sites for hydroxylation is 1. The second-order valence-corrected chi connectivity index (χ2v) is 9.47. The van der Waals surface area contributed by atoms with Gasteiger partial charge in [0.1, 0.15) is 0 Å². The molecule has 150 valence electrons. The lowest BCUT2D eigenvalue weighted by Crippen LogP contribution is -2.47. The smallest absolute Gasteiger partial charge is 0.263 e. The number of piperidine rings is 1. The first-order chi connectivity index (χ1) is 13.5. The highest BCUT2D eigenvalue weighted by Crippen LogP contribution is 2.35. The van der Waals surface area contributed by atoms with Gasteiger partial charge in [0.2, 0.25) is 0 Å². The number of hydrogen-bond acceptors (Lipinski definition) is 4. The molecule has 3 unspecified atom stereocenters. The predicted molar refractivity (Wildman–Crippen MR) is 115 cm³/mol. The molecule has 2 N–H and O–H groups in total. The van der Waals surface area contributed by atoms with Crippen molar-refractivity contribution in [2.75, 3.05) is 19.7 Å². The molecule has 4 rings (SSSR count). The molecular weight excluding hydrogens is 392 g/mol. The Balaban J connectivity index is 1.49. The number of benzene rings is 1. The van der Waals surface area contributed by atoms with Crippen LogP contribution >= 0.6 is 22.9 Å². The molecule has 2 aliphatic rings. The summed E-state index contributed by atoms with van der Waals surface area (Å²) in [6, 6.07) is 10.1. The number of nitrogens with two attached hydrogens (primary N) is 1. The van der Waals surface area contributed by atoms with Gasteiger partial charge in [0.05, 0.1) is 11.0 Å². The van der Waals surface area contributed by atoms with Gasteiger partial charge in [-0.2, -0.15) is 0 Å². The van der Waals surface area contributed by atoms with Gasteiger partial charge in [0, 0.05) is 41.6 Å². The normalized spacial score (nSPS) is 25.7. The van der Waals surface area contributed by atoms with E-state index in [4.69, 9.17) is 22.1 Å². The molecule has 0 aliphatic carbocycles. The highest BCUT2D eigenvalue weighted by atomic mass is 35.5. The molecule has 1 amide bonds. The number of nitrogens with zero attached hydrogens (tertiary/aromatic N) is 1. The summed E-state index contributed by atoms with van der Waals surface area (Å²) in [6.45, 7) is 4.38. The molecule has 4 nitrogen and oxygen atoms in total. The average molecular weight is 419 g/mol. The van der Waals surface area contributed by atoms with Crippen LogP contribution in [0.25, 0.3) is 10.4 Å². The van der Waals surface area contributed by atoms with E-state index >= 15 is 0 Å². The maximum absolute atomic E-state index is 13.2. The standard InChI is InChI=1S/C22H27ClN2O2S/c1-14-10-20(28-21(14)15-4-2-6-17(23)11-15)22(26)25-8-3-5-16(13-25)19-12-18(24)7-9-27-19/h2,4,6,10-11,16,18-19H,3,5,7-9,12-13,24H2,1H3. The highest BCUT2D eigenvalue weighted by molar-refractivity contribution is 7.17. The van der Waals surface area contributed by atoms with Gasteiger partial charge in [-0.1, -0.05) is 23.7 Å². The van der Waals surface area contributed by atoms with Crippen molar-refractivity contribution in [1.29, 1.82) is 0 Å². The first-order valence-corrected chi connectivity index (χ1v) is 11.2. The molecule has 2 aliphatic heterocycles. The first kappa shape index (κ1) is 19.9. The van der Waals surface area contributed by atoms with Crippen LogP contribution in [0.4, 0.5) is 0 Å². The van der Waals surface area contributed by atoms with E-state index in [9.17, 15) is 4.79 Å². The topological polar surface area (TPSA) is 55.6 Å². The molecule has 2 fully saturated rings. The van der Waals surface area contributed by atoms with Gasteiger partial charge in [0.25, 0.3) is 5.91 Å². The van der Waals surface area contributed by atoms with Crippen LogP contribution in [-0.2, 0) is 4.74 Å². The summed E-state index contributed by atoms with van der Waals surface area (Å²) in [5.41, 5.74) is 8.32. The van der Waals surface area contributed by atoms with Gasteiger partial charge in [-0.3, -0.25) is 4.79 Å². The Morgan fingerprint density at radius 2 is 2.18 bits per heavy atom. The van der Waals surface area contributed by atoms with E-state index in [0.29, 0.717) is 10.9 Å². The van der Waals surface area contributed by atoms with Gasteiger partial charge in [0.15, 0.2) is 0 Å². The molecule has 2 aromatic rings. The molecule has 0 saturated carbocycles. The number of thiophene rings is 1. The van der Waals surface area contributed by atoms with Crippen LogP contribution in [0.3, 0.4) is 0 Å². The summed E-state index contributed by atoms with van der Waals surface area (Å²) in [6.07, 6.45) is 4.16. The van der Waals surface area contributed by atoms with Crippen molar-refractivity contribution in [1.82, 2.24) is 4.90 Å². The summed E-state index contributed by atoms with van der Waals surface area (Å²) >= 11 is 7.71. The Morgan fingerprint density at radius 3 is 2.96 bits per heavy atom. The monoisotopic (exact) mass is 418 g/mol. The Hall–Kier alpha value is -1.40. The minimum atomic E-state index is 0.131. The third-order valence-electron chi connectivity index (χ3n) is 5.84. The van der Waals surface area contributed by atoms with Gasteiger partial charge in [-0.25, -0.2) is 0 Å². The lowest BCUT2D eigenvalue weighted by atomic mass is 9.87. The number of likely N-dealkylation sites (tertiary alicyclic amines) is 1. The molecule has 1 aromatic heterocycles. The zero-order valence-corrected chi connectivity index (χ0v) is 17.8. The lowest BCUT2D eigenvalue weighted by molar-refractivity contribution is -0.0439. The minimum absolute atomic E-state index is 0.131. The largest absolute Gasteiger partial charge is 0.378 e. The van der Waals surface area contributed by atoms with Crippen molar-refractivity contribution in [3.63, 3.8) is 0 Å². The van der Waals surface area contributed by atoms with Crippen molar-refractivity contribution in [3.05, 3.63) is 45.8 Å². The van der Waals surface area contributed by atoms with E-state index in [1.165, 1.54) is 0 Å². The molecule has 0 spiro atoms. The zero-order valence-electron chi connectivity index (χ0n) is 16.2. The van der Waals surface area contributed by atoms with Gasteiger partial charge in [-0.05, 0) is 61.9 Å². The number of carbonyl (C=O) groups is 1. The number of carbonyl (C=O) groups excluding carboxylic acids is 1. The molecule has 0 radical (unpaired) electrons. The van der Waals surface area contributed by atoms with E-state index in [1.54, 1.807) is 11.3 Å². The van der Waals surface area contributed by atoms with Crippen LogP contribution in [0.15, 0.2) is 30.3 Å². The lowest BCUT2D eigenvalue weighted by Gasteiger charge is -2.39. The number of amides is 1. The average Bonchev–Trinajstić information content (AvgIpc) is 3.09. The Bertz CT molecular complexity index is 853. The highest BCUT2D eigenvalue weighted by Gasteiger charge is 2.33. The maximum Gasteiger partial charge on any atom is 0.263 e. The second-order valence-electron chi connectivity index (χ2n) is 7.98. The number of hydrogen-bond donors (Lipinski definition) is 1. The van der Waals surface area contributed by atoms with Crippen LogP contribution in [0.5, 0.6) is 0 Å². The molecule has 6 heteroatoms. The van der Waals surface area contributed by atoms with Crippen molar-refractivity contribution in [3.8, 4) is 10.4 Å². The second kappa shape index (κ2) is 8.54. The van der Waals surface area contributed by atoms with Crippen LogP contribution in [-0.4, -0.2) is 42.6 Å². The van der Waals surface area contributed by atoms with Crippen molar-refractivity contribution < 1.29 is 9.53 Å². The predicted octanol–water partition coefficient (Wildman–Crippen LogP) is 4.74. The van der Waals surface area contributed by atoms with Gasteiger partial charge in [-0.15, -0.1) is 11.3 Å². The van der Waals surface area contributed by atoms with Crippen LogP contribution in [0, 0.1) is 12.8 Å². The molecule has 0 bridgehead atoms. The molecule has 3 atom stereocenters. The third-order valence-corrected chi connectivity index (χ3v) is 7.35. The molecular formula is C22H27ClN2O2S. The number of rotatable bonds is 3. The van der Waals surface area contributed by atoms with Crippen LogP contribution in [0.2, 0.25) is 5.02 Å². The van der Waals surface area contributed by atoms with E-state index in [0.717, 1.165) is 66.3 Å². The molecule has 3 heterocycles. The van der Waals surface area contributed by atoms with Crippen molar-refractivity contribution in [2.24, 2.45) is 11.7 Å². The molecule has 1 aromatic carbocycles.